The predicted octanol–water partition coefficient (Wildman–Crippen LogP) is 4.19. The smallest absolute Gasteiger partial charge is 0.273 e. The van der Waals surface area contributed by atoms with Crippen molar-refractivity contribution >= 4 is 21.4 Å². The molecule has 7 nitrogen and oxygen atoms in total. The fraction of sp³-hybridized carbons (Fsp3) is 0. The van der Waals surface area contributed by atoms with E-state index in [1.165, 1.54) is 30.3 Å². The Balaban J connectivity index is 1.99. The zero-order valence-corrected chi connectivity index (χ0v) is 14.2. The zero-order chi connectivity index (χ0) is 18.6. The van der Waals surface area contributed by atoms with Crippen molar-refractivity contribution in [1.82, 2.24) is 0 Å². The lowest BCUT2D eigenvalue weighted by molar-refractivity contribution is -0.384. The van der Waals surface area contributed by atoms with Crippen LogP contribution in [-0.2, 0) is 10.0 Å². The van der Waals surface area contributed by atoms with Gasteiger partial charge in [0.25, 0.3) is 15.7 Å². The largest absolute Gasteiger partial charge is 0.455 e. The van der Waals surface area contributed by atoms with E-state index < -0.39 is 14.9 Å². The highest BCUT2D eigenvalue weighted by molar-refractivity contribution is 7.92. The van der Waals surface area contributed by atoms with Gasteiger partial charge in [-0.25, -0.2) is 8.42 Å². The first-order valence-electron chi connectivity index (χ1n) is 7.55. The summed E-state index contributed by atoms with van der Waals surface area (Å²) in [6.07, 6.45) is 0. The fourth-order valence-electron chi connectivity index (χ4n) is 2.21. The number of nitrogens with zero attached hydrogens (tertiary/aromatic N) is 1. The molecule has 3 aromatic rings. The van der Waals surface area contributed by atoms with Gasteiger partial charge in [-0.3, -0.25) is 14.8 Å². The van der Waals surface area contributed by atoms with Gasteiger partial charge in [-0.2, -0.15) is 0 Å². The van der Waals surface area contributed by atoms with E-state index in [0.717, 1.165) is 0 Å². The molecule has 0 radical (unpaired) electrons. The molecular formula is C18H14N2O5S. The van der Waals surface area contributed by atoms with Gasteiger partial charge in [-0.1, -0.05) is 36.4 Å². The second-order valence-corrected chi connectivity index (χ2v) is 6.95. The summed E-state index contributed by atoms with van der Waals surface area (Å²) in [4.78, 5) is 10.5. The Morgan fingerprint density at radius 1 is 0.885 bits per heavy atom. The van der Waals surface area contributed by atoms with Crippen molar-refractivity contribution in [2.24, 2.45) is 0 Å². The molecule has 0 heterocycles. The standard InChI is InChI=1S/C18H14N2O5S/c21-20(22)14-11-12-17(18(13-14)25-15-7-3-1-4-8-15)19-26(23,24)16-9-5-2-6-10-16/h1-13,19H. The normalized spacial score (nSPS) is 10.9. The second kappa shape index (κ2) is 7.24. The molecule has 0 amide bonds. The van der Waals surface area contributed by atoms with Crippen molar-refractivity contribution in [2.45, 2.75) is 4.90 Å². The van der Waals surface area contributed by atoms with E-state index in [9.17, 15) is 18.5 Å². The zero-order valence-electron chi connectivity index (χ0n) is 13.4. The number of sulfonamides is 1. The van der Waals surface area contributed by atoms with Gasteiger partial charge in [0.15, 0.2) is 5.75 Å². The Morgan fingerprint density at radius 3 is 2.12 bits per heavy atom. The first kappa shape index (κ1) is 17.4. The van der Waals surface area contributed by atoms with Crippen LogP contribution < -0.4 is 9.46 Å². The highest BCUT2D eigenvalue weighted by Gasteiger charge is 2.19. The van der Waals surface area contributed by atoms with Crippen LogP contribution in [0.25, 0.3) is 0 Å². The van der Waals surface area contributed by atoms with Crippen molar-refractivity contribution in [3.8, 4) is 11.5 Å². The number of para-hydroxylation sites is 1. The SMILES string of the molecule is O=[N+]([O-])c1ccc(NS(=O)(=O)c2ccccc2)c(Oc2ccccc2)c1. The summed E-state index contributed by atoms with van der Waals surface area (Å²) < 4.78 is 33.1. The minimum absolute atomic E-state index is 0.0323. The summed E-state index contributed by atoms with van der Waals surface area (Å²) in [6.45, 7) is 0. The molecule has 3 rings (SSSR count). The third-order valence-corrected chi connectivity index (χ3v) is 4.83. The predicted molar refractivity (Wildman–Crippen MR) is 96.9 cm³/mol. The molecule has 0 fully saturated rings. The maximum Gasteiger partial charge on any atom is 0.273 e. The molecule has 0 bridgehead atoms. The quantitative estimate of drug-likeness (QED) is 0.518. The average Bonchev–Trinajstić information content (AvgIpc) is 2.64. The van der Waals surface area contributed by atoms with Crippen LogP contribution in [-0.4, -0.2) is 13.3 Å². The van der Waals surface area contributed by atoms with Crippen LogP contribution >= 0.6 is 0 Å². The van der Waals surface area contributed by atoms with Crippen molar-refractivity contribution in [1.29, 1.82) is 0 Å². The van der Waals surface area contributed by atoms with Crippen LogP contribution in [0.2, 0.25) is 0 Å². The Hall–Kier alpha value is -3.39. The summed E-state index contributed by atoms with van der Waals surface area (Å²) in [6, 6.07) is 20.1. The first-order valence-corrected chi connectivity index (χ1v) is 9.03. The molecular weight excluding hydrogens is 356 g/mol. The third kappa shape index (κ3) is 3.98. The second-order valence-electron chi connectivity index (χ2n) is 5.27. The van der Waals surface area contributed by atoms with Crippen LogP contribution in [0.5, 0.6) is 11.5 Å². The summed E-state index contributed by atoms with van der Waals surface area (Å²) in [7, 11) is -3.86. The minimum Gasteiger partial charge on any atom is -0.455 e. The number of ether oxygens (including phenoxy) is 1. The molecule has 0 saturated heterocycles. The van der Waals surface area contributed by atoms with Gasteiger partial charge in [0.1, 0.15) is 5.75 Å². The summed E-state index contributed by atoms with van der Waals surface area (Å²) >= 11 is 0. The van der Waals surface area contributed by atoms with Gasteiger partial charge in [0.2, 0.25) is 0 Å². The number of hydrogen-bond donors (Lipinski definition) is 1. The number of nitro benzene ring substituents is 1. The molecule has 0 aromatic heterocycles. The Bertz CT molecular complexity index is 1020. The number of nitrogens with one attached hydrogen (secondary N) is 1. The van der Waals surface area contributed by atoms with Gasteiger partial charge >= 0.3 is 0 Å². The molecule has 0 atom stereocenters. The summed E-state index contributed by atoms with van der Waals surface area (Å²) in [5.41, 5.74) is -0.109. The van der Waals surface area contributed by atoms with Gasteiger partial charge < -0.3 is 4.74 Å². The van der Waals surface area contributed by atoms with Crippen molar-refractivity contribution in [3.05, 3.63) is 89.0 Å². The number of hydrogen-bond acceptors (Lipinski definition) is 5. The molecule has 26 heavy (non-hydrogen) atoms. The maximum atomic E-state index is 12.5. The highest BCUT2D eigenvalue weighted by Crippen LogP contribution is 2.34. The van der Waals surface area contributed by atoms with Crippen LogP contribution in [0.4, 0.5) is 11.4 Å². The van der Waals surface area contributed by atoms with E-state index in [1.807, 2.05) is 0 Å². The lowest BCUT2D eigenvalue weighted by atomic mass is 10.2. The van der Waals surface area contributed by atoms with E-state index in [4.69, 9.17) is 4.74 Å². The van der Waals surface area contributed by atoms with E-state index in [1.54, 1.807) is 48.5 Å². The topological polar surface area (TPSA) is 98.5 Å². The molecule has 3 aromatic carbocycles. The van der Waals surface area contributed by atoms with Crippen LogP contribution in [0.3, 0.4) is 0 Å². The lowest BCUT2D eigenvalue weighted by Gasteiger charge is -2.13. The van der Waals surface area contributed by atoms with Gasteiger partial charge in [0.05, 0.1) is 21.6 Å². The number of rotatable bonds is 6. The third-order valence-electron chi connectivity index (χ3n) is 3.44. The van der Waals surface area contributed by atoms with Crippen molar-refractivity contribution in [2.75, 3.05) is 4.72 Å². The monoisotopic (exact) mass is 370 g/mol. The number of nitro groups is 1. The Kier molecular flexibility index (Phi) is 4.85. The van der Waals surface area contributed by atoms with Crippen molar-refractivity contribution < 1.29 is 18.1 Å². The fourth-order valence-corrected chi connectivity index (χ4v) is 3.30. The van der Waals surface area contributed by atoms with E-state index >= 15 is 0 Å². The van der Waals surface area contributed by atoms with Crippen LogP contribution in [0, 0.1) is 10.1 Å². The molecule has 1 N–H and O–H groups in total. The van der Waals surface area contributed by atoms with Crippen molar-refractivity contribution in [3.63, 3.8) is 0 Å². The molecule has 0 aliphatic carbocycles. The maximum absolute atomic E-state index is 12.5. The molecule has 0 aliphatic rings. The molecule has 132 valence electrons. The van der Waals surface area contributed by atoms with Gasteiger partial charge in [-0.05, 0) is 30.3 Å². The molecule has 8 heteroatoms. The summed E-state index contributed by atoms with van der Waals surface area (Å²) in [5, 5.41) is 11.0. The van der Waals surface area contributed by atoms with Gasteiger partial charge in [0, 0.05) is 6.07 Å². The summed E-state index contributed by atoms with van der Waals surface area (Å²) in [5.74, 6) is 0.457. The Morgan fingerprint density at radius 2 is 1.50 bits per heavy atom. The number of non-ortho nitro benzene ring substituents is 1. The van der Waals surface area contributed by atoms with E-state index in [-0.39, 0.29) is 22.0 Å². The van der Waals surface area contributed by atoms with Crippen LogP contribution in [0.15, 0.2) is 83.8 Å². The minimum atomic E-state index is -3.86. The van der Waals surface area contributed by atoms with Crippen LogP contribution in [0.1, 0.15) is 0 Å². The highest BCUT2D eigenvalue weighted by atomic mass is 32.2. The number of anilines is 1. The Labute approximate surface area is 150 Å². The molecule has 0 spiro atoms. The number of benzene rings is 3. The molecule has 0 aliphatic heterocycles. The van der Waals surface area contributed by atoms with Gasteiger partial charge in [-0.15, -0.1) is 0 Å². The molecule has 0 saturated carbocycles. The van der Waals surface area contributed by atoms with E-state index in [0.29, 0.717) is 5.75 Å². The molecule has 0 unspecified atom stereocenters. The first-order chi connectivity index (χ1) is 12.5. The van der Waals surface area contributed by atoms with E-state index in [2.05, 4.69) is 4.72 Å². The average molecular weight is 370 g/mol. The lowest BCUT2D eigenvalue weighted by Crippen LogP contribution is -2.13.